The number of nitrogens with zero attached hydrogens (tertiary/aromatic N) is 2. The number of halogens is 1. The van der Waals surface area contributed by atoms with Gasteiger partial charge in [0.2, 0.25) is 15.9 Å². The first-order chi connectivity index (χ1) is 11.5. The second kappa shape index (κ2) is 7.00. The lowest BCUT2D eigenvalue weighted by Crippen LogP contribution is -2.43. The minimum Gasteiger partial charge on any atom is -0.378 e. The summed E-state index contributed by atoms with van der Waals surface area (Å²) in [5.74, 6) is -0.525. The summed E-state index contributed by atoms with van der Waals surface area (Å²) < 4.78 is 44.6. The van der Waals surface area contributed by atoms with Crippen LogP contribution in [0.4, 0.5) is 4.39 Å². The number of sulfonamides is 1. The zero-order valence-corrected chi connectivity index (χ0v) is 14.0. The highest BCUT2D eigenvalue weighted by Gasteiger charge is 2.29. The Morgan fingerprint density at radius 1 is 1.08 bits per heavy atom. The van der Waals surface area contributed by atoms with E-state index in [1.807, 2.05) is 0 Å². The number of ether oxygens (including phenoxy) is 1. The van der Waals surface area contributed by atoms with Crippen molar-refractivity contribution >= 4 is 15.9 Å². The van der Waals surface area contributed by atoms with Crippen LogP contribution in [0.5, 0.6) is 0 Å². The molecule has 0 bridgehead atoms. The average Bonchev–Trinajstić information content (AvgIpc) is 2.62. The SMILES string of the molecule is O=C(C1=CCN(S(=O)(=O)c2ccc(F)cc2)CC1)N1CCOCC1. The third-order valence-electron chi connectivity index (χ3n) is 4.20. The van der Waals surface area contributed by atoms with Crippen molar-refractivity contribution < 1.29 is 22.3 Å². The monoisotopic (exact) mass is 354 g/mol. The number of hydrogen-bond acceptors (Lipinski definition) is 4. The molecule has 1 aromatic carbocycles. The van der Waals surface area contributed by atoms with Crippen molar-refractivity contribution in [2.45, 2.75) is 11.3 Å². The van der Waals surface area contributed by atoms with E-state index in [9.17, 15) is 17.6 Å². The van der Waals surface area contributed by atoms with Gasteiger partial charge < -0.3 is 9.64 Å². The quantitative estimate of drug-likeness (QED) is 0.812. The van der Waals surface area contributed by atoms with Gasteiger partial charge in [-0.25, -0.2) is 12.8 Å². The molecular formula is C16H19FN2O4S. The van der Waals surface area contributed by atoms with Crippen molar-refractivity contribution in [1.29, 1.82) is 0 Å². The molecule has 1 aromatic rings. The van der Waals surface area contributed by atoms with Crippen molar-refractivity contribution in [3.8, 4) is 0 Å². The van der Waals surface area contributed by atoms with E-state index in [2.05, 4.69) is 0 Å². The fourth-order valence-electron chi connectivity index (χ4n) is 2.79. The fraction of sp³-hybridized carbons (Fsp3) is 0.438. The molecule has 0 unspecified atom stereocenters. The summed E-state index contributed by atoms with van der Waals surface area (Å²) in [4.78, 5) is 14.2. The van der Waals surface area contributed by atoms with Crippen molar-refractivity contribution in [2.75, 3.05) is 39.4 Å². The largest absolute Gasteiger partial charge is 0.378 e. The van der Waals surface area contributed by atoms with Crippen LogP contribution in [0.2, 0.25) is 0 Å². The minimum atomic E-state index is -3.68. The van der Waals surface area contributed by atoms with Crippen LogP contribution in [0.1, 0.15) is 6.42 Å². The fourth-order valence-corrected chi connectivity index (χ4v) is 4.17. The number of carbonyl (C=O) groups excluding carboxylic acids is 1. The van der Waals surface area contributed by atoms with Crippen molar-refractivity contribution in [3.05, 3.63) is 41.7 Å². The lowest BCUT2D eigenvalue weighted by molar-refractivity contribution is -0.131. The molecule has 0 aliphatic carbocycles. The van der Waals surface area contributed by atoms with Crippen LogP contribution >= 0.6 is 0 Å². The molecule has 24 heavy (non-hydrogen) atoms. The Labute approximate surface area is 140 Å². The standard InChI is InChI=1S/C16H19FN2O4S/c17-14-1-3-15(4-2-14)24(21,22)19-7-5-13(6-8-19)16(20)18-9-11-23-12-10-18/h1-5H,6-12H2. The second-order valence-corrected chi connectivity index (χ2v) is 7.64. The van der Waals surface area contributed by atoms with Gasteiger partial charge >= 0.3 is 0 Å². The highest BCUT2D eigenvalue weighted by molar-refractivity contribution is 7.89. The Morgan fingerprint density at radius 2 is 1.75 bits per heavy atom. The zero-order chi connectivity index (χ0) is 17.2. The number of amides is 1. The third-order valence-corrected chi connectivity index (χ3v) is 6.08. The van der Waals surface area contributed by atoms with Crippen LogP contribution in [0.15, 0.2) is 40.8 Å². The van der Waals surface area contributed by atoms with E-state index >= 15 is 0 Å². The molecule has 130 valence electrons. The molecule has 2 aliphatic heterocycles. The summed E-state index contributed by atoms with van der Waals surface area (Å²) in [6, 6.07) is 4.76. The molecule has 0 spiro atoms. The summed E-state index contributed by atoms with van der Waals surface area (Å²) in [5.41, 5.74) is 0.641. The van der Waals surface area contributed by atoms with Gasteiger partial charge in [0.15, 0.2) is 0 Å². The number of hydrogen-bond donors (Lipinski definition) is 0. The van der Waals surface area contributed by atoms with Crippen LogP contribution < -0.4 is 0 Å². The molecule has 0 saturated carbocycles. The molecule has 1 amide bonds. The predicted octanol–water partition coefficient (Wildman–Crippen LogP) is 1.01. The Balaban J connectivity index is 1.70. The normalized spacial score (nSPS) is 19.9. The summed E-state index contributed by atoms with van der Waals surface area (Å²) in [6.07, 6.45) is 2.04. The van der Waals surface area contributed by atoms with E-state index in [-0.39, 0.29) is 23.9 Å². The van der Waals surface area contributed by atoms with Crippen LogP contribution in [0, 0.1) is 5.82 Å². The first kappa shape index (κ1) is 17.1. The molecular weight excluding hydrogens is 335 g/mol. The molecule has 1 fully saturated rings. The number of carbonyl (C=O) groups is 1. The highest BCUT2D eigenvalue weighted by Crippen LogP contribution is 2.22. The van der Waals surface area contributed by atoms with Crippen molar-refractivity contribution in [1.82, 2.24) is 9.21 Å². The first-order valence-corrected chi connectivity index (χ1v) is 9.24. The molecule has 3 rings (SSSR count). The second-order valence-electron chi connectivity index (χ2n) is 5.70. The summed E-state index contributed by atoms with van der Waals surface area (Å²) >= 11 is 0. The molecule has 2 heterocycles. The maximum Gasteiger partial charge on any atom is 0.249 e. The van der Waals surface area contributed by atoms with E-state index in [1.54, 1.807) is 11.0 Å². The maximum absolute atomic E-state index is 13.0. The van der Waals surface area contributed by atoms with E-state index in [0.717, 1.165) is 12.1 Å². The van der Waals surface area contributed by atoms with Crippen LogP contribution in [-0.4, -0.2) is 62.9 Å². The topological polar surface area (TPSA) is 66.9 Å². The van der Waals surface area contributed by atoms with E-state index in [1.165, 1.54) is 16.4 Å². The van der Waals surface area contributed by atoms with Gasteiger partial charge in [0, 0.05) is 31.8 Å². The molecule has 8 heteroatoms. The highest BCUT2D eigenvalue weighted by atomic mass is 32.2. The van der Waals surface area contributed by atoms with Crippen molar-refractivity contribution in [2.24, 2.45) is 0 Å². The van der Waals surface area contributed by atoms with E-state index < -0.39 is 15.8 Å². The van der Waals surface area contributed by atoms with Gasteiger partial charge in [-0.1, -0.05) is 6.08 Å². The average molecular weight is 354 g/mol. The number of morpholine rings is 1. The molecule has 0 N–H and O–H groups in total. The van der Waals surface area contributed by atoms with Crippen LogP contribution in [0.25, 0.3) is 0 Å². The van der Waals surface area contributed by atoms with Gasteiger partial charge in [0.25, 0.3) is 0 Å². The smallest absolute Gasteiger partial charge is 0.249 e. The molecule has 1 saturated heterocycles. The summed E-state index contributed by atoms with van der Waals surface area (Å²) in [5, 5.41) is 0. The van der Waals surface area contributed by atoms with Gasteiger partial charge in [-0.05, 0) is 30.7 Å². The summed E-state index contributed by atoms with van der Waals surface area (Å²) in [6.45, 7) is 2.57. The van der Waals surface area contributed by atoms with Gasteiger partial charge in [-0.2, -0.15) is 4.31 Å². The lowest BCUT2D eigenvalue weighted by Gasteiger charge is -2.30. The molecule has 0 atom stereocenters. The third kappa shape index (κ3) is 3.50. The lowest BCUT2D eigenvalue weighted by atomic mass is 10.1. The Morgan fingerprint density at radius 3 is 2.33 bits per heavy atom. The molecule has 2 aliphatic rings. The minimum absolute atomic E-state index is 0.0443. The number of benzene rings is 1. The Bertz CT molecular complexity index is 740. The van der Waals surface area contributed by atoms with Gasteiger partial charge in [-0.3, -0.25) is 4.79 Å². The molecule has 6 nitrogen and oxygen atoms in total. The van der Waals surface area contributed by atoms with E-state index in [0.29, 0.717) is 38.3 Å². The summed E-state index contributed by atoms with van der Waals surface area (Å²) in [7, 11) is -3.68. The zero-order valence-electron chi connectivity index (χ0n) is 13.2. The maximum atomic E-state index is 13.0. The van der Waals surface area contributed by atoms with Gasteiger partial charge in [-0.15, -0.1) is 0 Å². The number of rotatable bonds is 3. The van der Waals surface area contributed by atoms with Gasteiger partial charge in [0.05, 0.1) is 18.1 Å². The van der Waals surface area contributed by atoms with E-state index in [4.69, 9.17) is 4.74 Å². The Hall–Kier alpha value is -1.77. The predicted molar refractivity (Wildman–Crippen MR) is 85.3 cm³/mol. The molecule has 0 radical (unpaired) electrons. The Kier molecular flexibility index (Phi) is 4.98. The first-order valence-electron chi connectivity index (χ1n) is 7.80. The van der Waals surface area contributed by atoms with Crippen LogP contribution in [-0.2, 0) is 19.6 Å². The van der Waals surface area contributed by atoms with Gasteiger partial charge in [0.1, 0.15) is 5.82 Å². The van der Waals surface area contributed by atoms with Crippen LogP contribution in [0.3, 0.4) is 0 Å². The van der Waals surface area contributed by atoms with Crippen molar-refractivity contribution in [3.63, 3.8) is 0 Å². The molecule has 0 aromatic heterocycles.